The topological polar surface area (TPSA) is 77.5 Å². The van der Waals surface area contributed by atoms with E-state index >= 15 is 0 Å². The van der Waals surface area contributed by atoms with Gasteiger partial charge in [-0.1, -0.05) is 36.4 Å². The van der Waals surface area contributed by atoms with Gasteiger partial charge in [-0.3, -0.25) is 14.4 Å². The Balaban J connectivity index is 2.02. The number of ether oxygens (including phenoxy) is 1. The van der Waals surface area contributed by atoms with Crippen LogP contribution in [-0.2, 0) is 4.74 Å². The van der Waals surface area contributed by atoms with E-state index in [1.807, 2.05) is 0 Å². The second-order valence-corrected chi connectivity index (χ2v) is 5.60. The van der Waals surface area contributed by atoms with Crippen molar-refractivity contribution in [3.05, 3.63) is 81.9 Å². The molecule has 0 bridgehead atoms. The van der Waals surface area contributed by atoms with Crippen molar-refractivity contribution in [3.63, 3.8) is 0 Å². The van der Waals surface area contributed by atoms with Crippen molar-refractivity contribution >= 4 is 23.3 Å². The Bertz CT molecular complexity index is 948. The number of fused-ring (bicyclic) bond motifs is 1. The molecule has 1 aliphatic rings. The highest BCUT2D eigenvalue weighted by Crippen LogP contribution is 2.28. The lowest BCUT2D eigenvalue weighted by atomic mass is 9.81. The summed E-state index contributed by atoms with van der Waals surface area (Å²) in [6.45, 7) is 1.48. The summed E-state index contributed by atoms with van der Waals surface area (Å²) < 4.78 is 4.61. The van der Waals surface area contributed by atoms with Crippen LogP contribution in [0.1, 0.15) is 48.4 Å². The third-order valence-corrected chi connectivity index (χ3v) is 4.15. The van der Waals surface area contributed by atoms with E-state index in [4.69, 9.17) is 0 Å². The summed E-state index contributed by atoms with van der Waals surface area (Å²) in [5.74, 6) is -1.85. The molecule has 3 rings (SSSR count). The van der Waals surface area contributed by atoms with E-state index in [0.29, 0.717) is 11.1 Å². The fraction of sp³-hybridized carbons (Fsp3) is 0.100. The molecule has 0 unspecified atom stereocenters. The summed E-state index contributed by atoms with van der Waals surface area (Å²) in [4.78, 5) is 49.4. The molecule has 0 amide bonds. The lowest BCUT2D eigenvalue weighted by Crippen LogP contribution is -2.25. The summed E-state index contributed by atoms with van der Waals surface area (Å²) in [6, 6.07) is 12.2. The average Bonchev–Trinajstić information content (AvgIpc) is 2.65. The van der Waals surface area contributed by atoms with Gasteiger partial charge < -0.3 is 4.74 Å². The maximum absolute atomic E-state index is 12.8. The normalized spacial score (nSPS) is 13.5. The zero-order chi connectivity index (χ0) is 18.1. The molecule has 5 nitrogen and oxygen atoms in total. The minimum Gasteiger partial charge on any atom is -0.465 e. The highest BCUT2D eigenvalue weighted by atomic mass is 16.5. The third kappa shape index (κ3) is 2.70. The maximum Gasteiger partial charge on any atom is 0.337 e. The predicted octanol–water partition coefficient (Wildman–Crippen LogP) is 3.05. The van der Waals surface area contributed by atoms with Crippen molar-refractivity contribution in [2.45, 2.75) is 6.92 Å². The van der Waals surface area contributed by atoms with Crippen LogP contribution in [-0.4, -0.2) is 30.4 Å². The number of methoxy groups -OCH3 is 1. The summed E-state index contributed by atoms with van der Waals surface area (Å²) in [6.07, 6.45) is 0. The van der Waals surface area contributed by atoms with Crippen LogP contribution < -0.4 is 0 Å². The summed E-state index contributed by atoms with van der Waals surface area (Å²) in [5.41, 5.74) is 1.05. The Morgan fingerprint density at radius 1 is 0.800 bits per heavy atom. The smallest absolute Gasteiger partial charge is 0.337 e. The molecule has 0 aliphatic heterocycles. The monoisotopic (exact) mass is 334 g/mol. The number of allylic oxidation sites excluding steroid dienone is 2. The number of benzene rings is 2. The number of carbonyl (C=O) groups excluding carboxylic acids is 4. The first kappa shape index (κ1) is 16.5. The molecule has 0 atom stereocenters. The summed E-state index contributed by atoms with van der Waals surface area (Å²) in [5, 5.41) is 0. The van der Waals surface area contributed by atoms with Crippen molar-refractivity contribution in [3.8, 4) is 0 Å². The molecular weight excluding hydrogens is 320 g/mol. The molecule has 124 valence electrons. The van der Waals surface area contributed by atoms with Gasteiger partial charge in [0.2, 0.25) is 0 Å². The second-order valence-electron chi connectivity index (χ2n) is 5.60. The Morgan fingerprint density at radius 2 is 1.32 bits per heavy atom. The molecule has 5 heteroatoms. The minimum atomic E-state index is -0.540. The number of hydrogen-bond donors (Lipinski definition) is 0. The van der Waals surface area contributed by atoms with Crippen molar-refractivity contribution < 1.29 is 23.9 Å². The van der Waals surface area contributed by atoms with Gasteiger partial charge in [0.05, 0.1) is 18.2 Å². The van der Waals surface area contributed by atoms with Crippen LogP contribution in [0.5, 0.6) is 0 Å². The molecule has 0 heterocycles. The van der Waals surface area contributed by atoms with Crippen molar-refractivity contribution in [1.29, 1.82) is 0 Å². The largest absolute Gasteiger partial charge is 0.465 e. The standard InChI is InChI=1S/C20H14O5/c1-11-16(19(23)15-6-4-3-5-14(15)17(11)21)18(22)12-7-9-13(10-8-12)20(24)25-2/h3-10H,1-2H3. The van der Waals surface area contributed by atoms with Crippen LogP contribution in [0.25, 0.3) is 0 Å². The van der Waals surface area contributed by atoms with Crippen molar-refractivity contribution in [2.24, 2.45) is 0 Å². The van der Waals surface area contributed by atoms with E-state index in [0.717, 1.165) is 0 Å². The van der Waals surface area contributed by atoms with Gasteiger partial charge in [-0.05, 0) is 19.1 Å². The van der Waals surface area contributed by atoms with Gasteiger partial charge in [-0.25, -0.2) is 4.79 Å². The van der Waals surface area contributed by atoms with Gasteiger partial charge in [0.25, 0.3) is 0 Å². The maximum atomic E-state index is 12.8. The number of Topliss-reactive ketones (excluding diaryl/α,β-unsaturated/α-hetero) is 3. The van der Waals surface area contributed by atoms with Crippen LogP contribution in [0.3, 0.4) is 0 Å². The SMILES string of the molecule is COC(=O)c1ccc(C(=O)C2=C(C)C(=O)c3ccccc3C2=O)cc1. The van der Waals surface area contributed by atoms with Gasteiger partial charge in [-0.15, -0.1) is 0 Å². The van der Waals surface area contributed by atoms with E-state index in [-0.39, 0.29) is 28.1 Å². The molecule has 2 aromatic carbocycles. The second kappa shape index (κ2) is 6.28. The Labute approximate surface area is 143 Å². The highest BCUT2D eigenvalue weighted by molar-refractivity contribution is 6.39. The molecule has 1 aliphatic carbocycles. The molecule has 0 radical (unpaired) electrons. The van der Waals surface area contributed by atoms with Gasteiger partial charge in [0, 0.05) is 22.3 Å². The highest BCUT2D eigenvalue weighted by Gasteiger charge is 2.33. The van der Waals surface area contributed by atoms with Gasteiger partial charge >= 0.3 is 5.97 Å². The Kier molecular flexibility index (Phi) is 4.15. The first-order chi connectivity index (χ1) is 12.0. The van der Waals surface area contributed by atoms with Gasteiger partial charge in [0.1, 0.15) is 0 Å². The van der Waals surface area contributed by atoms with Gasteiger partial charge in [-0.2, -0.15) is 0 Å². The van der Waals surface area contributed by atoms with Crippen molar-refractivity contribution in [1.82, 2.24) is 0 Å². The number of ketones is 3. The summed E-state index contributed by atoms with van der Waals surface area (Å²) in [7, 11) is 1.26. The van der Waals surface area contributed by atoms with E-state index in [9.17, 15) is 19.2 Å². The zero-order valence-electron chi connectivity index (χ0n) is 13.7. The summed E-state index contributed by atoms with van der Waals surface area (Å²) >= 11 is 0. The molecular formula is C20H14O5. The Morgan fingerprint density at radius 3 is 1.88 bits per heavy atom. The number of rotatable bonds is 3. The third-order valence-electron chi connectivity index (χ3n) is 4.15. The fourth-order valence-electron chi connectivity index (χ4n) is 2.79. The van der Waals surface area contributed by atoms with Crippen LogP contribution >= 0.6 is 0 Å². The quantitative estimate of drug-likeness (QED) is 0.490. The number of esters is 1. The lowest BCUT2D eigenvalue weighted by molar-refractivity contribution is 0.0600. The average molecular weight is 334 g/mol. The first-order valence-corrected chi connectivity index (χ1v) is 7.58. The predicted molar refractivity (Wildman–Crippen MR) is 89.9 cm³/mol. The van der Waals surface area contributed by atoms with Crippen LogP contribution in [0, 0.1) is 0 Å². The van der Waals surface area contributed by atoms with Crippen LogP contribution in [0.2, 0.25) is 0 Å². The molecule has 0 spiro atoms. The van der Waals surface area contributed by atoms with E-state index in [2.05, 4.69) is 4.74 Å². The van der Waals surface area contributed by atoms with Crippen LogP contribution in [0.15, 0.2) is 59.7 Å². The fourth-order valence-corrected chi connectivity index (χ4v) is 2.79. The Hall–Kier alpha value is -3.34. The van der Waals surface area contributed by atoms with Crippen molar-refractivity contribution in [2.75, 3.05) is 7.11 Å². The van der Waals surface area contributed by atoms with Gasteiger partial charge in [0.15, 0.2) is 17.3 Å². The van der Waals surface area contributed by atoms with E-state index < -0.39 is 17.5 Å². The molecule has 0 fully saturated rings. The number of hydrogen-bond acceptors (Lipinski definition) is 5. The molecule has 0 saturated carbocycles. The van der Waals surface area contributed by atoms with Crippen LogP contribution in [0.4, 0.5) is 0 Å². The molecule has 0 aromatic heterocycles. The molecule has 0 N–H and O–H groups in total. The van der Waals surface area contributed by atoms with E-state index in [1.54, 1.807) is 18.2 Å². The molecule has 25 heavy (non-hydrogen) atoms. The van der Waals surface area contributed by atoms with E-state index in [1.165, 1.54) is 44.4 Å². The number of carbonyl (C=O) groups is 4. The molecule has 2 aromatic rings. The first-order valence-electron chi connectivity index (χ1n) is 7.58. The zero-order valence-corrected chi connectivity index (χ0v) is 13.7. The molecule has 0 saturated heterocycles. The lowest BCUT2D eigenvalue weighted by Gasteiger charge is -2.18. The minimum absolute atomic E-state index is 0.130.